The van der Waals surface area contributed by atoms with E-state index in [4.69, 9.17) is 0 Å². The van der Waals surface area contributed by atoms with Gasteiger partial charge in [0.1, 0.15) is 6.10 Å². The van der Waals surface area contributed by atoms with E-state index in [1.807, 2.05) is 25.1 Å². The summed E-state index contributed by atoms with van der Waals surface area (Å²) in [5, 5.41) is 12.0. The lowest BCUT2D eigenvalue weighted by molar-refractivity contribution is -0.124. The smallest absolute Gasteiger partial charge is 0.253 e. The molecule has 1 aliphatic heterocycles. The fourth-order valence-corrected chi connectivity index (χ4v) is 1.59. The molecule has 1 amide bonds. The van der Waals surface area contributed by atoms with Crippen LogP contribution < -0.4 is 5.32 Å². The highest BCUT2D eigenvalue weighted by atomic mass is 16.3. The highest BCUT2D eigenvalue weighted by Crippen LogP contribution is 2.25. The molecule has 0 aliphatic carbocycles. The molecular weight excluding hydrogens is 166 g/mol. The summed E-state index contributed by atoms with van der Waals surface area (Å²) in [6.07, 6.45) is -0.475. The molecule has 1 aromatic carbocycles. The Balaban J connectivity index is 2.48. The molecule has 1 atom stereocenters. The Bertz CT molecular complexity index is 360. The first-order valence-corrected chi connectivity index (χ1v) is 4.26. The van der Waals surface area contributed by atoms with Crippen molar-refractivity contribution >= 4 is 11.6 Å². The second-order valence-electron chi connectivity index (χ2n) is 3.32. The fourth-order valence-electron chi connectivity index (χ4n) is 1.59. The summed E-state index contributed by atoms with van der Waals surface area (Å²) < 4.78 is 0. The predicted molar refractivity (Wildman–Crippen MR) is 49.5 cm³/mol. The van der Waals surface area contributed by atoms with Crippen molar-refractivity contribution in [3.63, 3.8) is 0 Å². The molecule has 2 N–H and O–H groups in total. The fraction of sp³-hybridized carbons (Fsp3) is 0.300. The van der Waals surface area contributed by atoms with Crippen LogP contribution in [0, 0.1) is 6.92 Å². The first-order valence-electron chi connectivity index (χ1n) is 4.26. The van der Waals surface area contributed by atoms with E-state index >= 15 is 0 Å². The van der Waals surface area contributed by atoms with Gasteiger partial charge in [0.05, 0.1) is 0 Å². The van der Waals surface area contributed by atoms with E-state index in [1.165, 1.54) is 0 Å². The van der Waals surface area contributed by atoms with Gasteiger partial charge < -0.3 is 10.4 Å². The van der Waals surface area contributed by atoms with E-state index in [2.05, 4.69) is 5.32 Å². The van der Waals surface area contributed by atoms with Crippen LogP contribution in [0.25, 0.3) is 0 Å². The van der Waals surface area contributed by atoms with Crippen molar-refractivity contribution in [2.24, 2.45) is 0 Å². The minimum absolute atomic E-state index is 0.304. The summed E-state index contributed by atoms with van der Waals surface area (Å²) in [5.41, 5.74) is 2.91. The molecule has 0 fully saturated rings. The standard InChI is InChI=1S/C10H11NO2/c1-6-3-2-4-7-5-8(12)10(13)11-9(6)7/h2-4,8,12H,5H2,1H3,(H,11,13). The summed E-state index contributed by atoms with van der Waals surface area (Å²) in [5.74, 6) is -0.304. The van der Waals surface area contributed by atoms with Crippen LogP contribution >= 0.6 is 0 Å². The normalized spacial score (nSPS) is 20.8. The maximum Gasteiger partial charge on any atom is 0.253 e. The van der Waals surface area contributed by atoms with Crippen molar-refractivity contribution < 1.29 is 9.90 Å². The topological polar surface area (TPSA) is 49.3 Å². The SMILES string of the molecule is Cc1cccc2c1NC(=O)C(O)C2. The molecule has 0 radical (unpaired) electrons. The molecule has 13 heavy (non-hydrogen) atoms. The number of anilines is 1. The molecule has 1 aliphatic rings. The van der Waals surface area contributed by atoms with Crippen LogP contribution in [0.4, 0.5) is 5.69 Å². The molecule has 68 valence electrons. The third kappa shape index (κ3) is 1.31. The van der Waals surface area contributed by atoms with Crippen molar-refractivity contribution in [1.82, 2.24) is 0 Å². The lowest BCUT2D eigenvalue weighted by atomic mass is 9.98. The number of fused-ring (bicyclic) bond motifs is 1. The number of benzene rings is 1. The van der Waals surface area contributed by atoms with Gasteiger partial charge in [-0.15, -0.1) is 0 Å². The minimum atomic E-state index is -0.894. The van der Waals surface area contributed by atoms with Gasteiger partial charge in [0.25, 0.3) is 5.91 Å². The van der Waals surface area contributed by atoms with E-state index in [1.54, 1.807) is 0 Å². The molecular formula is C10H11NO2. The first kappa shape index (κ1) is 8.26. The van der Waals surface area contributed by atoms with Gasteiger partial charge in [0.2, 0.25) is 0 Å². The van der Waals surface area contributed by atoms with E-state index in [9.17, 15) is 9.90 Å². The van der Waals surface area contributed by atoms with E-state index in [0.29, 0.717) is 6.42 Å². The number of nitrogens with one attached hydrogen (secondary N) is 1. The Morgan fingerprint density at radius 1 is 1.54 bits per heavy atom. The number of aliphatic hydroxyl groups excluding tert-OH is 1. The van der Waals surface area contributed by atoms with Gasteiger partial charge in [-0.3, -0.25) is 4.79 Å². The predicted octanol–water partition coefficient (Wildman–Crippen LogP) is 0.851. The Labute approximate surface area is 76.4 Å². The second-order valence-corrected chi connectivity index (χ2v) is 3.32. The van der Waals surface area contributed by atoms with Crippen molar-refractivity contribution in [2.75, 3.05) is 5.32 Å². The molecule has 1 heterocycles. The van der Waals surface area contributed by atoms with Gasteiger partial charge in [-0.2, -0.15) is 0 Å². The maximum atomic E-state index is 11.1. The Morgan fingerprint density at radius 3 is 3.08 bits per heavy atom. The summed E-state index contributed by atoms with van der Waals surface area (Å²) in [7, 11) is 0. The summed E-state index contributed by atoms with van der Waals surface area (Å²) in [6.45, 7) is 1.94. The number of amides is 1. The number of para-hydroxylation sites is 1. The van der Waals surface area contributed by atoms with Gasteiger partial charge in [-0.25, -0.2) is 0 Å². The molecule has 1 aromatic rings. The van der Waals surface area contributed by atoms with Crippen LogP contribution in [0.15, 0.2) is 18.2 Å². The number of carbonyl (C=O) groups is 1. The zero-order valence-electron chi connectivity index (χ0n) is 7.37. The van der Waals surface area contributed by atoms with Crippen molar-refractivity contribution in [2.45, 2.75) is 19.4 Å². The number of aliphatic hydroxyl groups is 1. The molecule has 0 saturated carbocycles. The van der Waals surface area contributed by atoms with E-state index < -0.39 is 6.10 Å². The summed E-state index contributed by atoms with van der Waals surface area (Å²) in [4.78, 5) is 11.1. The number of hydrogen-bond acceptors (Lipinski definition) is 2. The minimum Gasteiger partial charge on any atom is -0.383 e. The highest BCUT2D eigenvalue weighted by Gasteiger charge is 2.24. The van der Waals surface area contributed by atoms with Crippen molar-refractivity contribution in [1.29, 1.82) is 0 Å². The Hall–Kier alpha value is -1.35. The quantitative estimate of drug-likeness (QED) is 0.617. The Morgan fingerprint density at radius 2 is 2.31 bits per heavy atom. The molecule has 2 rings (SSSR count). The lowest BCUT2D eigenvalue weighted by Gasteiger charge is -2.22. The van der Waals surface area contributed by atoms with Gasteiger partial charge in [0.15, 0.2) is 0 Å². The zero-order chi connectivity index (χ0) is 9.42. The maximum absolute atomic E-state index is 11.1. The number of aryl methyl sites for hydroxylation is 1. The van der Waals surface area contributed by atoms with Crippen LogP contribution in [-0.2, 0) is 11.2 Å². The molecule has 3 nitrogen and oxygen atoms in total. The molecule has 0 bridgehead atoms. The lowest BCUT2D eigenvalue weighted by Crippen LogP contribution is -2.34. The highest BCUT2D eigenvalue weighted by molar-refractivity contribution is 5.97. The molecule has 0 saturated heterocycles. The van der Waals surface area contributed by atoms with Crippen LogP contribution in [0.2, 0.25) is 0 Å². The van der Waals surface area contributed by atoms with E-state index in [-0.39, 0.29) is 5.91 Å². The van der Waals surface area contributed by atoms with Gasteiger partial charge >= 0.3 is 0 Å². The Kier molecular flexibility index (Phi) is 1.81. The third-order valence-electron chi connectivity index (χ3n) is 2.32. The van der Waals surface area contributed by atoms with Gasteiger partial charge in [-0.1, -0.05) is 18.2 Å². The van der Waals surface area contributed by atoms with Crippen LogP contribution in [0.5, 0.6) is 0 Å². The largest absolute Gasteiger partial charge is 0.383 e. The first-order chi connectivity index (χ1) is 6.18. The van der Waals surface area contributed by atoms with Crippen molar-refractivity contribution in [3.8, 4) is 0 Å². The monoisotopic (exact) mass is 177 g/mol. The number of hydrogen-bond donors (Lipinski definition) is 2. The zero-order valence-corrected chi connectivity index (χ0v) is 7.37. The summed E-state index contributed by atoms with van der Waals surface area (Å²) in [6, 6.07) is 5.79. The molecule has 3 heteroatoms. The molecule has 0 aromatic heterocycles. The van der Waals surface area contributed by atoms with Gasteiger partial charge in [0, 0.05) is 12.1 Å². The average Bonchev–Trinajstić information content (AvgIpc) is 2.09. The molecule has 0 spiro atoms. The number of carbonyl (C=O) groups excluding carboxylic acids is 1. The van der Waals surface area contributed by atoms with Gasteiger partial charge in [-0.05, 0) is 18.1 Å². The third-order valence-corrected chi connectivity index (χ3v) is 2.32. The van der Waals surface area contributed by atoms with Crippen LogP contribution in [0.1, 0.15) is 11.1 Å². The molecule has 1 unspecified atom stereocenters. The van der Waals surface area contributed by atoms with Crippen LogP contribution in [-0.4, -0.2) is 17.1 Å². The van der Waals surface area contributed by atoms with Crippen molar-refractivity contribution in [3.05, 3.63) is 29.3 Å². The number of rotatable bonds is 0. The average molecular weight is 177 g/mol. The summed E-state index contributed by atoms with van der Waals surface area (Å²) >= 11 is 0. The van der Waals surface area contributed by atoms with Crippen LogP contribution in [0.3, 0.4) is 0 Å². The second kappa shape index (κ2) is 2.85. The van der Waals surface area contributed by atoms with E-state index in [0.717, 1.165) is 16.8 Å².